The first-order valence-electron chi connectivity index (χ1n) is 29.9. The summed E-state index contributed by atoms with van der Waals surface area (Å²) in [7, 11) is 0. The zero-order valence-electron chi connectivity index (χ0n) is 46.1. The fourth-order valence-corrected chi connectivity index (χ4v) is 9.09. The number of hydrogen-bond acceptors (Lipinski definition) is 10. The van der Waals surface area contributed by atoms with Crippen LogP contribution in [0.1, 0.15) is 264 Å². The molecule has 0 aromatic carbocycles. The molecule has 0 aliphatic carbocycles. The average molecular weight is 1020 g/mol. The van der Waals surface area contributed by atoms with E-state index < -0.39 is 49.5 Å². The fourth-order valence-electron chi connectivity index (χ4n) is 9.09. The normalized spacial score (nSPS) is 19.3. The van der Waals surface area contributed by atoms with Crippen molar-refractivity contribution in [1.29, 1.82) is 0 Å². The number of unbranched alkanes of at least 4 members (excludes halogenated alkanes) is 31. The Hall–Kier alpha value is -2.38. The van der Waals surface area contributed by atoms with Crippen LogP contribution in [0.15, 0.2) is 48.6 Å². The molecule has 11 heteroatoms. The molecule has 1 aliphatic heterocycles. The predicted molar refractivity (Wildman–Crippen MR) is 297 cm³/mol. The van der Waals surface area contributed by atoms with Crippen molar-refractivity contribution in [3.8, 4) is 0 Å². The summed E-state index contributed by atoms with van der Waals surface area (Å²) in [5.74, 6) is -0.227. The van der Waals surface area contributed by atoms with Crippen LogP contribution in [0.25, 0.3) is 0 Å². The maximum atomic E-state index is 13.0. The second kappa shape index (κ2) is 50.8. The van der Waals surface area contributed by atoms with Gasteiger partial charge in [0.2, 0.25) is 5.91 Å². The molecule has 0 radical (unpaired) electrons. The van der Waals surface area contributed by atoms with Crippen molar-refractivity contribution in [3.63, 3.8) is 0 Å². The zero-order valence-corrected chi connectivity index (χ0v) is 46.1. The molecule has 0 aromatic rings. The van der Waals surface area contributed by atoms with Crippen LogP contribution in [-0.4, -0.2) is 100 Å². The molecule has 1 aliphatic rings. The van der Waals surface area contributed by atoms with Gasteiger partial charge in [-0.25, -0.2) is 0 Å². The van der Waals surface area contributed by atoms with Crippen molar-refractivity contribution in [2.75, 3.05) is 19.8 Å². The standard InChI is InChI=1S/C61H111NO10/c1-3-5-7-9-11-13-14-15-16-19-23-26-29-33-37-41-45-49-57(66)70-50-46-42-38-34-30-27-24-21-18-17-20-22-25-28-32-36-40-44-48-56(65)62-53(54(64)47-43-39-35-31-12-10-8-6-4-2)52-71-61-60(69)59(68)58(67)55(51-63)72-61/h12,15-16,20,22,31,43,47,53-55,58-61,63-64,67-69H,3-11,13-14,17-19,21,23-30,32-42,44-46,48-52H2,1-2H3,(H,62,65)/b16-15-,22-20-,31-12+,47-43+. The highest BCUT2D eigenvalue weighted by Gasteiger charge is 2.44. The van der Waals surface area contributed by atoms with Gasteiger partial charge in [-0.05, 0) is 96.3 Å². The molecule has 0 spiro atoms. The number of nitrogens with one attached hydrogen (secondary N) is 1. The molecule has 1 amide bonds. The van der Waals surface area contributed by atoms with Crippen molar-refractivity contribution in [1.82, 2.24) is 5.32 Å². The number of aliphatic hydroxyl groups is 5. The SMILES string of the molecule is CCCCC/C=C/CC/C=C/C(O)C(COC1OC(CO)C(O)C(O)C1O)NC(=O)CCCCCCC/C=C\CCCCCCCCCCCOC(=O)CCCCCCCCC/C=C\CCCCCCCC. The number of rotatable bonds is 51. The Balaban J connectivity index is 2.03. The molecule has 7 unspecified atom stereocenters. The second-order valence-corrected chi connectivity index (χ2v) is 20.7. The van der Waals surface area contributed by atoms with Crippen LogP contribution in [0.3, 0.4) is 0 Å². The third-order valence-corrected chi connectivity index (χ3v) is 13.9. The Morgan fingerprint density at radius 3 is 1.40 bits per heavy atom. The van der Waals surface area contributed by atoms with Gasteiger partial charge >= 0.3 is 5.97 Å². The molecule has 1 fully saturated rings. The van der Waals surface area contributed by atoms with Gasteiger partial charge in [-0.1, -0.05) is 204 Å². The first kappa shape index (κ1) is 67.6. The van der Waals surface area contributed by atoms with Gasteiger partial charge in [0.1, 0.15) is 24.4 Å². The van der Waals surface area contributed by atoms with Crippen molar-refractivity contribution in [2.24, 2.45) is 0 Å². The lowest BCUT2D eigenvalue weighted by molar-refractivity contribution is -0.302. The molecule has 72 heavy (non-hydrogen) atoms. The zero-order chi connectivity index (χ0) is 52.4. The van der Waals surface area contributed by atoms with Gasteiger partial charge in [0, 0.05) is 12.8 Å². The second-order valence-electron chi connectivity index (χ2n) is 20.7. The van der Waals surface area contributed by atoms with E-state index in [1.165, 1.54) is 148 Å². The molecule has 6 N–H and O–H groups in total. The van der Waals surface area contributed by atoms with Crippen molar-refractivity contribution in [3.05, 3.63) is 48.6 Å². The molecule has 1 heterocycles. The average Bonchev–Trinajstić information content (AvgIpc) is 3.38. The minimum atomic E-state index is -1.58. The molecule has 420 valence electrons. The number of hydrogen-bond donors (Lipinski definition) is 6. The monoisotopic (exact) mass is 1020 g/mol. The number of amides is 1. The third kappa shape index (κ3) is 40.0. The molecule has 7 atom stereocenters. The fraction of sp³-hybridized carbons (Fsp3) is 0.836. The minimum Gasteiger partial charge on any atom is -0.466 e. The van der Waals surface area contributed by atoms with E-state index in [2.05, 4.69) is 55.6 Å². The lowest BCUT2D eigenvalue weighted by Gasteiger charge is -2.40. The van der Waals surface area contributed by atoms with Gasteiger partial charge in [-0.2, -0.15) is 0 Å². The third-order valence-electron chi connectivity index (χ3n) is 13.9. The van der Waals surface area contributed by atoms with E-state index in [-0.39, 0.29) is 18.5 Å². The molecule has 0 saturated carbocycles. The summed E-state index contributed by atoms with van der Waals surface area (Å²) in [5.41, 5.74) is 0. The Morgan fingerprint density at radius 2 is 0.903 bits per heavy atom. The Morgan fingerprint density at radius 1 is 0.500 bits per heavy atom. The largest absolute Gasteiger partial charge is 0.466 e. The molecular weight excluding hydrogens is 907 g/mol. The Kier molecular flexibility index (Phi) is 47.7. The van der Waals surface area contributed by atoms with E-state index in [1.54, 1.807) is 6.08 Å². The predicted octanol–water partition coefficient (Wildman–Crippen LogP) is 13.7. The Bertz CT molecular complexity index is 1340. The summed E-state index contributed by atoms with van der Waals surface area (Å²) >= 11 is 0. The smallest absolute Gasteiger partial charge is 0.305 e. The van der Waals surface area contributed by atoms with Gasteiger partial charge in [0.05, 0.1) is 32.0 Å². The van der Waals surface area contributed by atoms with Crippen LogP contribution in [0.4, 0.5) is 0 Å². The first-order chi connectivity index (χ1) is 35.2. The molecule has 1 rings (SSSR count). The highest BCUT2D eigenvalue weighted by Crippen LogP contribution is 2.23. The van der Waals surface area contributed by atoms with Crippen LogP contribution >= 0.6 is 0 Å². The number of allylic oxidation sites excluding steroid dienone is 7. The molecule has 0 aromatic heterocycles. The summed E-state index contributed by atoms with van der Waals surface area (Å²) in [6.07, 6.45) is 53.6. The summed E-state index contributed by atoms with van der Waals surface area (Å²) in [4.78, 5) is 25.1. The maximum absolute atomic E-state index is 13.0. The van der Waals surface area contributed by atoms with E-state index in [1.807, 2.05) is 6.08 Å². The van der Waals surface area contributed by atoms with Gasteiger partial charge in [0.25, 0.3) is 0 Å². The highest BCUT2D eigenvalue weighted by atomic mass is 16.7. The van der Waals surface area contributed by atoms with Crippen molar-refractivity contribution in [2.45, 2.75) is 307 Å². The molecule has 11 nitrogen and oxygen atoms in total. The molecule has 1 saturated heterocycles. The summed E-state index contributed by atoms with van der Waals surface area (Å²) in [5, 5.41) is 54.1. The molecular formula is C61H111NO10. The van der Waals surface area contributed by atoms with Crippen LogP contribution in [0, 0.1) is 0 Å². The van der Waals surface area contributed by atoms with E-state index in [0.29, 0.717) is 19.4 Å². The molecule has 0 bridgehead atoms. The van der Waals surface area contributed by atoms with Crippen LogP contribution in [-0.2, 0) is 23.8 Å². The topological polar surface area (TPSA) is 175 Å². The van der Waals surface area contributed by atoms with Crippen molar-refractivity contribution < 1.29 is 49.3 Å². The lowest BCUT2D eigenvalue weighted by atomic mass is 9.99. The van der Waals surface area contributed by atoms with Gasteiger partial charge in [-0.15, -0.1) is 0 Å². The number of aliphatic hydroxyl groups excluding tert-OH is 5. The van der Waals surface area contributed by atoms with Crippen molar-refractivity contribution >= 4 is 11.9 Å². The van der Waals surface area contributed by atoms with E-state index in [0.717, 1.165) is 89.9 Å². The van der Waals surface area contributed by atoms with E-state index in [4.69, 9.17) is 14.2 Å². The van der Waals surface area contributed by atoms with Gasteiger partial charge in [0.15, 0.2) is 6.29 Å². The number of ether oxygens (including phenoxy) is 3. The summed E-state index contributed by atoms with van der Waals surface area (Å²) < 4.78 is 16.7. The number of carbonyl (C=O) groups is 2. The quantitative estimate of drug-likeness (QED) is 0.0195. The van der Waals surface area contributed by atoms with E-state index >= 15 is 0 Å². The number of carbonyl (C=O) groups excluding carboxylic acids is 2. The number of esters is 1. The first-order valence-corrected chi connectivity index (χ1v) is 29.9. The summed E-state index contributed by atoms with van der Waals surface area (Å²) in [6.45, 7) is 4.24. The lowest BCUT2D eigenvalue weighted by Crippen LogP contribution is -2.60. The van der Waals surface area contributed by atoms with Crippen LogP contribution in [0.2, 0.25) is 0 Å². The van der Waals surface area contributed by atoms with Gasteiger partial charge < -0.3 is 45.1 Å². The maximum Gasteiger partial charge on any atom is 0.305 e. The van der Waals surface area contributed by atoms with E-state index in [9.17, 15) is 35.1 Å². The summed E-state index contributed by atoms with van der Waals surface area (Å²) in [6, 6.07) is -0.837. The van der Waals surface area contributed by atoms with Gasteiger partial charge in [-0.3, -0.25) is 9.59 Å². The Labute approximate surface area is 440 Å². The minimum absolute atomic E-state index is 0.0175. The van der Waals surface area contributed by atoms with Crippen LogP contribution < -0.4 is 5.32 Å². The highest BCUT2D eigenvalue weighted by molar-refractivity contribution is 5.76. The van der Waals surface area contributed by atoms with Crippen LogP contribution in [0.5, 0.6) is 0 Å².